The second-order valence-corrected chi connectivity index (χ2v) is 9.60. The van der Waals surface area contributed by atoms with Crippen LogP contribution in [0.1, 0.15) is 27.9 Å². The summed E-state index contributed by atoms with van der Waals surface area (Å²) in [5.74, 6) is 0.661. The summed E-state index contributed by atoms with van der Waals surface area (Å²) in [6.07, 6.45) is -2.14. The van der Waals surface area contributed by atoms with Crippen molar-refractivity contribution < 1.29 is 27.4 Å². The van der Waals surface area contributed by atoms with Gasteiger partial charge in [0.2, 0.25) is 5.95 Å². The van der Waals surface area contributed by atoms with E-state index in [4.69, 9.17) is 9.47 Å². The molecule has 13 heteroatoms. The first-order valence-electron chi connectivity index (χ1n) is 12.6. The van der Waals surface area contributed by atoms with Crippen molar-refractivity contribution in [2.75, 3.05) is 63.7 Å². The summed E-state index contributed by atoms with van der Waals surface area (Å²) in [7, 11) is 1.50. The van der Waals surface area contributed by atoms with E-state index in [-0.39, 0.29) is 28.7 Å². The summed E-state index contributed by atoms with van der Waals surface area (Å²) in [4.78, 5) is 28.9. The maximum atomic E-state index is 13.5. The highest BCUT2D eigenvalue weighted by atomic mass is 19.4. The standard InChI is InChI=1S/C25H28F3N7O3/c1-29-21-19-17(25(26,27)28)12-30-22(19)33-24(32-21)31-18-3-2-16(15-5-9-38-20(15)18)23(36)35-6-4-14(13-35)34-7-10-37-11-8-34/h2-3,12,14H,4-11,13H2,1H3,(H3,29,30,31,32,33)/t14-/m0/s1. The average Bonchev–Trinajstić information content (AvgIpc) is 3.68. The first-order valence-corrected chi connectivity index (χ1v) is 12.6. The van der Waals surface area contributed by atoms with Crippen LogP contribution in [0.15, 0.2) is 18.3 Å². The van der Waals surface area contributed by atoms with Crippen molar-refractivity contribution in [3.63, 3.8) is 0 Å². The fourth-order valence-corrected chi connectivity index (χ4v) is 5.55. The molecule has 2 aromatic heterocycles. The predicted octanol–water partition coefficient (Wildman–Crippen LogP) is 3.24. The van der Waals surface area contributed by atoms with Gasteiger partial charge in [-0.3, -0.25) is 9.69 Å². The third-order valence-electron chi connectivity index (χ3n) is 7.42. The number of aromatic nitrogens is 3. The highest BCUT2D eigenvalue weighted by Gasteiger charge is 2.36. The molecule has 0 saturated carbocycles. The lowest BCUT2D eigenvalue weighted by atomic mass is 10.0. The molecule has 1 atom stereocenters. The topological polar surface area (TPSA) is 108 Å². The Morgan fingerprint density at radius 3 is 2.74 bits per heavy atom. The van der Waals surface area contributed by atoms with E-state index in [0.717, 1.165) is 44.5 Å². The Morgan fingerprint density at radius 2 is 1.97 bits per heavy atom. The van der Waals surface area contributed by atoms with Gasteiger partial charge in [-0.05, 0) is 18.6 Å². The van der Waals surface area contributed by atoms with Gasteiger partial charge >= 0.3 is 6.18 Å². The van der Waals surface area contributed by atoms with Crippen molar-refractivity contribution in [1.29, 1.82) is 0 Å². The number of hydrogen-bond acceptors (Lipinski definition) is 8. The minimum absolute atomic E-state index is 0.0183. The van der Waals surface area contributed by atoms with Gasteiger partial charge in [0, 0.05) is 63.0 Å². The zero-order valence-corrected chi connectivity index (χ0v) is 20.8. The van der Waals surface area contributed by atoms with Crippen molar-refractivity contribution in [2.45, 2.75) is 25.1 Å². The largest absolute Gasteiger partial charge is 0.491 e. The number of aromatic amines is 1. The van der Waals surface area contributed by atoms with E-state index >= 15 is 0 Å². The van der Waals surface area contributed by atoms with Gasteiger partial charge in [-0.25, -0.2) is 0 Å². The number of ether oxygens (including phenoxy) is 2. The molecule has 2 saturated heterocycles. The molecular formula is C25H28F3N7O3. The zero-order valence-electron chi connectivity index (χ0n) is 20.8. The summed E-state index contributed by atoms with van der Waals surface area (Å²) < 4.78 is 51.6. The fourth-order valence-electron chi connectivity index (χ4n) is 5.55. The van der Waals surface area contributed by atoms with E-state index < -0.39 is 11.7 Å². The Labute approximate surface area is 216 Å². The van der Waals surface area contributed by atoms with E-state index in [9.17, 15) is 18.0 Å². The van der Waals surface area contributed by atoms with Crippen LogP contribution >= 0.6 is 0 Å². The van der Waals surface area contributed by atoms with Gasteiger partial charge in [-0.2, -0.15) is 23.1 Å². The van der Waals surface area contributed by atoms with Crippen molar-refractivity contribution in [1.82, 2.24) is 24.8 Å². The number of benzene rings is 1. The molecule has 1 aromatic carbocycles. The number of halogens is 3. The quantitative estimate of drug-likeness (QED) is 0.461. The third-order valence-corrected chi connectivity index (χ3v) is 7.42. The van der Waals surface area contributed by atoms with Crippen LogP contribution < -0.4 is 15.4 Å². The Hall–Kier alpha value is -3.58. The second kappa shape index (κ2) is 9.62. The summed E-state index contributed by atoms with van der Waals surface area (Å²) in [6.45, 7) is 5.04. The Balaban J connectivity index is 1.25. The van der Waals surface area contributed by atoms with Gasteiger partial charge in [0.05, 0.1) is 36.5 Å². The van der Waals surface area contributed by atoms with Crippen molar-refractivity contribution >= 4 is 34.4 Å². The van der Waals surface area contributed by atoms with Crippen molar-refractivity contribution in [2.24, 2.45) is 0 Å². The Bertz CT molecular complexity index is 1370. The number of alkyl halides is 3. The first kappa shape index (κ1) is 24.7. The number of nitrogens with zero attached hydrogens (tertiary/aromatic N) is 4. The molecule has 1 amide bonds. The smallest absolute Gasteiger partial charge is 0.418 e. The molecule has 6 rings (SSSR count). The van der Waals surface area contributed by atoms with Crippen LogP contribution in [0.25, 0.3) is 11.0 Å². The molecule has 3 aliphatic rings. The van der Waals surface area contributed by atoms with Gasteiger partial charge in [-0.1, -0.05) is 0 Å². The number of hydrogen-bond donors (Lipinski definition) is 3. The van der Waals surface area contributed by atoms with Crippen LogP contribution in [0.3, 0.4) is 0 Å². The van der Waals surface area contributed by atoms with E-state index in [1.165, 1.54) is 7.05 Å². The van der Waals surface area contributed by atoms with Gasteiger partial charge in [0.1, 0.15) is 17.2 Å². The number of carbonyl (C=O) groups excluding carboxylic acids is 1. The number of anilines is 3. The minimum Gasteiger partial charge on any atom is -0.491 e. The molecule has 202 valence electrons. The lowest BCUT2D eigenvalue weighted by molar-refractivity contribution is -0.136. The van der Waals surface area contributed by atoms with E-state index in [2.05, 4.69) is 30.5 Å². The maximum Gasteiger partial charge on any atom is 0.418 e. The van der Waals surface area contributed by atoms with Crippen LogP contribution in [0.5, 0.6) is 5.75 Å². The highest BCUT2D eigenvalue weighted by Crippen LogP contribution is 2.40. The fraction of sp³-hybridized carbons (Fsp3) is 0.480. The number of likely N-dealkylation sites (tertiary alicyclic amines) is 1. The van der Waals surface area contributed by atoms with Crippen LogP contribution in [-0.4, -0.2) is 89.7 Å². The van der Waals surface area contributed by atoms with Gasteiger partial charge < -0.3 is 30.0 Å². The molecular weight excluding hydrogens is 503 g/mol. The molecule has 3 aliphatic heterocycles. The van der Waals surface area contributed by atoms with Gasteiger partial charge in [-0.15, -0.1) is 0 Å². The zero-order chi connectivity index (χ0) is 26.4. The molecule has 3 N–H and O–H groups in total. The normalized spacial score (nSPS) is 20.0. The van der Waals surface area contributed by atoms with Crippen LogP contribution in [-0.2, 0) is 17.3 Å². The number of morpholine rings is 1. The maximum absolute atomic E-state index is 13.5. The number of nitrogens with one attached hydrogen (secondary N) is 3. The molecule has 0 radical (unpaired) electrons. The summed E-state index contributed by atoms with van der Waals surface area (Å²) in [5, 5.41) is 5.67. The predicted molar refractivity (Wildman–Crippen MR) is 134 cm³/mol. The van der Waals surface area contributed by atoms with E-state index in [0.29, 0.717) is 49.2 Å². The van der Waals surface area contributed by atoms with Gasteiger partial charge in [0.25, 0.3) is 5.91 Å². The lowest BCUT2D eigenvalue weighted by Gasteiger charge is -2.32. The van der Waals surface area contributed by atoms with Gasteiger partial charge in [0.15, 0.2) is 0 Å². The summed E-state index contributed by atoms with van der Waals surface area (Å²) in [6, 6.07) is 3.84. The average molecular weight is 532 g/mol. The molecule has 0 spiro atoms. The molecule has 38 heavy (non-hydrogen) atoms. The highest BCUT2D eigenvalue weighted by molar-refractivity contribution is 5.98. The molecule has 10 nitrogen and oxygen atoms in total. The molecule has 0 bridgehead atoms. The summed E-state index contributed by atoms with van der Waals surface area (Å²) >= 11 is 0. The number of rotatable bonds is 5. The minimum atomic E-state index is -4.54. The Kier molecular flexibility index (Phi) is 6.26. The first-order chi connectivity index (χ1) is 18.3. The monoisotopic (exact) mass is 531 g/mol. The molecule has 3 aromatic rings. The third kappa shape index (κ3) is 4.39. The number of fused-ring (bicyclic) bond motifs is 2. The molecule has 0 unspecified atom stereocenters. The molecule has 5 heterocycles. The van der Waals surface area contributed by atoms with Crippen LogP contribution in [0.4, 0.5) is 30.6 Å². The number of carbonyl (C=O) groups is 1. The summed E-state index contributed by atoms with van der Waals surface area (Å²) in [5.41, 5.74) is 1.17. The lowest BCUT2D eigenvalue weighted by Crippen LogP contribution is -2.45. The molecule has 0 aliphatic carbocycles. The van der Waals surface area contributed by atoms with Crippen molar-refractivity contribution in [3.05, 3.63) is 35.0 Å². The second-order valence-electron chi connectivity index (χ2n) is 9.60. The van der Waals surface area contributed by atoms with Crippen LogP contribution in [0.2, 0.25) is 0 Å². The SMILES string of the molecule is CNc1nc(Nc2ccc(C(=O)N3CC[C@H](N4CCOCC4)C3)c3c2OCC3)nc2[nH]cc(C(F)(F)F)c12. The van der Waals surface area contributed by atoms with Crippen LogP contribution in [0, 0.1) is 0 Å². The number of H-pyrrole nitrogens is 1. The molecule has 2 fully saturated rings. The van der Waals surface area contributed by atoms with E-state index in [1.54, 1.807) is 12.1 Å². The number of amides is 1. The van der Waals surface area contributed by atoms with E-state index in [1.807, 2.05) is 4.90 Å². The Morgan fingerprint density at radius 1 is 1.16 bits per heavy atom. The van der Waals surface area contributed by atoms with Crippen molar-refractivity contribution in [3.8, 4) is 5.75 Å².